The minimum atomic E-state index is -0.871. The molecule has 1 saturated heterocycles. The largest absolute Gasteiger partial charge is 0.466 e. The van der Waals surface area contributed by atoms with Crippen molar-refractivity contribution in [2.45, 2.75) is 65.7 Å². The number of aliphatic hydroxyl groups is 1. The fourth-order valence-corrected chi connectivity index (χ4v) is 6.08. The molecule has 2 aliphatic rings. The molecule has 0 radical (unpaired) electrons. The Morgan fingerprint density at radius 1 is 1.18 bits per heavy atom. The minimum absolute atomic E-state index is 0.0462. The predicted octanol–water partition coefficient (Wildman–Crippen LogP) is 2.52. The van der Waals surface area contributed by atoms with E-state index in [2.05, 4.69) is 15.6 Å². The fraction of sp³-hybridized carbons (Fsp3) is 0.607. The number of rotatable bonds is 11. The van der Waals surface area contributed by atoms with Crippen LogP contribution in [0, 0.1) is 29.6 Å². The van der Waals surface area contributed by atoms with Crippen LogP contribution in [0.4, 0.5) is 0 Å². The van der Waals surface area contributed by atoms with E-state index < -0.39 is 35.8 Å². The Morgan fingerprint density at radius 3 is 2.63 bits per heavy atom. The van der Waals surface area contributed by atoms with Gasteiger partial charge in [-0.2, -0.15) is 0 Å². The third-order valence-corrected chi connectivity index (χ3v) is 8.17. The zero-order valence-electron chi connectivity index (χ0n) is 22.6. The van der Waals surface area contributed by atoms with E-state index in [-0.39, 0.29) is 43.5 Å². The summed E-state index contributed by atoms with van der Waals surface area (Å²) < 4.78 is 7.02. The van der Waals surface area contributed by atoms with Crippen molar-refractivity contribution < 1.29 is 24.2 Å². The number of nitrogens with zero attached hydrogens (tertiary/aromatic N) is 4. The maximum Gasteiger partial charge on any atom is 0.310 e. The van der Waals surface area contributed by atoms with E-state index in [4.69, 9.17) is 4.74 Å². The van der Waals surface area contributed by atoms with Gasteiger partial charge in [0.05, 0.1) is 36.6 Å². The summed E-state index contributed by atoms with van der Waals surface area (Å²) in [5.74, 6) is -3.14. The molecule has 2 N–H and O–H groups in total. The highest BCUT2D eigenvalue weighted by atomic mass is 16.5. The smallest absolute Gasteiger partial charge is 0.310 e. The van der Waals surface area contributed by atoms with Crippen LogP contribution in [-0.2, 0) is 25.8 Å². The van der Waals surface area contributed by atoms with Crippen LogP contribution in [0.1, 0.15) is 47.0 Å². The van der Waals surface area contributed by atoms with E-state index in [1.54, 1.807) is 16.5 Å². The molecule has 0 spiro atoms. The van der Waals surface area contributed by atoms with Crippen LogP contribution in [0.25, 0.3) is 11.0 Å². The lowest BCUT2D eigenvalue weighted by Crippen LogP contribution is -2.54. The fourth-order valence-electron chi connectivity index (χ4n) is 6.08. The number of hydrogen-bond donors (Lipinski definition) is 2. The summed E-state index contributed by atoms with van der Waals surface area (Å²) in [6.45, 7) is 7.76. The van der Waals surface area contributed by atoms with Crippen LogP contribution in [0.2, 0.25) is 0 Å². The first-order valence-corrected chi connectivity index (χ1v) is 13.7. The van der Waals surface area contributed by atoms with Crippen molar-refractivity contribution in [3.63, 3.8) is 0 Å². The summed E-state index contributed by atoms with van der Waals surface area (Å²) in [5.41, 5.74) is 1.49. The number of fused-ring (bicyclic) bond motifs is 2. The summed E-state index contributed by atoms with van der Waals surface area (Å²) in [7, 11) is 0. The minimum Gasteiger partial charge on any atom is -0.466 e. The number of nitrogens with one attached hydrogen (secondary N) is 1. The molecule has 2 aromatic rings. The molecule has 2 amide bonds. The number of benzene rings is 1. The van der Waals surface area contributed by atoms with Crippen LogP contribution >= 0.6 is 0 Å². The van der Waals surface area contributed by atoms with E-state index >= 15 is 0 Å². The second-order valence-electron chi connectivity index (χ2n) is 10.3. The molecule has 2 heterocycles. The first kappa shape index (κ1) is 27.8. The van der Waals surface area contributed by atoms with Gasteiger partial charge in [0.1, 0.15) is 18.2 Å². The Balaban J connectivity index is 1.69. The van der Waals surface area contributed by atoms with Gasteiger partial charge < -0.3 is 20.1 Å². The maximum atomic E-state index is 14.1. The third-order valence-electron chi connectivity index (χ3n) is 8.17. The SMILES string of the molecule is CCC[C@@H]1C=C[C@H]2[C@@H](C(=O)N([C@@H](CO)[C@@H](C)CC)[C@@H]2C(=O)NCn2nnc3ccccc32)[C@@H]1C(=O)OCC. The summed E-state index contributed by atoms with van der Waals surface area (Å²) in [4.78, 5) is 42.7. The lowest BCUT2D eigenvalue weighted by molar-refractivity contribution is -0.156. The van der Waals surface area contributed by atoms with Crippen LogP contribution in [0.3, 0.4) is 0 Å². The maximum absolute atomic E-state index is 14.1. The van der Waals surface area contributed by atoms with Gasteiger partial charge in [0.25, 0.3) is 0 Å². The van der Waals surface area contributed by atoms with Crippen molar-refractivity contribution in [3.8, 4) is 0 Å². The van der Waals surface area contributed by atoms with Crippen molar-refractivity contribution >= 4 is 28.8 Å². The Kier molecular flexibility index (Phi) is 8.81. The van der Waals surface area contributed by atoms with Crippen molar-refractivity contribution in [3.05, 3.63) is 36.4 Å². The molecule has 10 heteroatoms. The number of hydrogen-bond acceptors (Lipinski definition) is 7. The molecule has 0 bridgehead atoms. The molecule has 0 unspecified atom stereocenters. The van der Waals surface area contributed by atoms with Crippen LogP contribution in [0.5, 0.6) is 0 Å². The number of esters is 1. The zero-order valence-corrected chi connectivity index (χ0v) is 22.6. The second-order valence-corrected chi connectivity index (χ2v) is 10.3. The van der Waals surface area contributed by atoms with Crippen molar-refractivity contribution in [2.75, 3.05) is 13.2 Å². The Bertz CT molecular complexity index is 1180. The monoisotopic (exact) mass is 525 g/mol. The molecule has 1 aliphatic carbocycles. The summed E-state index contributed by atoms with van der Waals surface area (Å²) in [6.07, 6.45) is 6.22. The van der Waals surface area contributed by atoms with E-state index in [9.17, 15) is 19.5 Å². The number of allylic oxidation sites excluding steroid dienone is 1. The van der Waals surface area contributed by atoms with E-state index in [1.807, 2.05) is 57.2 Å². The molecule has 1 aromatic heterocycles. The molecule has 4 rings (SSSR count). The topological polar surface area (TPSA) is 127 Å². The number of amides is 2. The Morgan fingerprint density at radius 2 is 1.95 bits per heavy atom. The number of carbonyl (C=O) groups excluding carboxylic acids is 3. The third kappa shape index (κ3) is 5.06. The van der Waals surface area contributed by atoms with Gasteiger partial charge in [-0.1, -0.05) is 63.1 Å². The number of carbonyl (C=O) groups is 3. The van der Waals surface area contributed by atoms with Gasteiger partial charge in [0, 0.05) is 5.92 Å². The van der Waals surface area contributed by atoms with E-state index in [0.29, 0.717) is 5.52 Å². The van der Waals surface area contributed by atoms with Gasteiger partial charge in [-0.15, -0.1) is 5.10 Å². The molecule has 7 atom stereocenters. The number of likely N-dealkylation sites (tertiary alicyclic amines) is 1. The standard InChI is InChI=1S/C28H39N5O5/c1-5-10-18-13-14-19-24(23(18)28(37)38-7-3)27(36)33(22(15-34)17(4)6-2)25(19)26(35)29-16-32-21-12-9-8-11-20(21)30-31-32/h8-9,11-14,17-19,22-25,34H,5-7,10,15-16H2,1-4H3,(H,29,35)/t17-,18+,19-,22-,23+,24+,25-/m0/s1. The quantitative estimate of drug-likeness (QED) is 0.341. The molecule has 206 valence electrons. The first-order chi connectivity index (χ1) is 18.4. The van der Waals surface area contributed by atoms with Gasteiger partial charge in [0.2, 0.25) is 11.8 Å². The van der Waals surface area contributed by atoms with Crippen molar-refractivity contribution in [1.82, 2.24) is 25.2 Å². The highest BCUT2D eigenvalue weighted by Crippen LogP contribution is 2.47. The highest BCUT2D eigenvalue weighted by Gasteiger charge is 2.59. The number of aromatic nitrogens is 3. The molecule has 0 saturated carbocycles. The van der Waals surface area contributed by atoms with E-state index in [1.165, 1.54) is 0 Å². The second kappa shape index (κ2) is 12.1. The Labute approximate surface area is 223 Å². The van der Waals surface area contributed by atoms with Gasteiger partial charge >= 0.3 is 5.97 Å². The normalized spacial score (nSPS) is 26.3. The van der Waals surface area contributed by atoms with Crippen LogP contribution in [-0.4, -0.2) is 68.1 Å². The number of para-hydroxylation sites is 1. The van der Waals surface area contributed by atoms with Gasteiger partial charge in [0.15, 0.2) is 0 Å². The lowest BCUT2D eigenvalue weighted by atomic mass is 9.69. The summed E-state index contributed by atoms with van der Waals surface area (Å²) in [5, 5.41) is 21.6. The molecular weight excluding hydrogens is 486 g/mol. The molecule has 10 nitrogen and oxygen atoms in total. The number of ether oxygens (including phenoxy) is 1. The molecule has 1 aromatic carbocycles. The van der Waals surface area contributed by atoms with Crippen molar-refractivity contribution in [2.24, 2.45) is 29.6 Å². The number of aliphatic hydroxyl groups excluding tert-OH is 1. The average molecular weight is 526 g/mol. The average Bonchev–Trinajstić information content (AvgIpc) is 3.46. The highest BCUT2D eigenvalue weighted by molar-refractivity contribution is 5.96. The van der Waals surface area contributed by atoms with Crippen LogP contribution < -0.4 is 5.32 Å². The summed E-state index contributed by atoms with van der Waals surface area (Å²) in [6, 6.07) is 6.03. The molecule has 1 aliphatic heterocycles. The van der Waals surface area contributed by atoms with Gasteiger partial charge in [-0.25, -0.2) is 4.68 Å². The zero-order chi connectivity index (χ0) is 27.4. The Hall–Kier alpha value is -3.27. The molecule has 1 fully saturated rings. The summed E-state index contributed by atoms with van der Waals surface area (Å²) >= 11 is 0. The van der Waals surface area contributed by atoms with E-state index in [0.717, 1.165) is 24.8 Å². The van der Waals surface area contributed by atoms with Crippen molar-refractivity contribution in [1.29, 1.82) is 0 Å². The predicted molar refractivity (Wildman–Crippen MR) is 141 cm³/mol. The van der Waals surface area contributed by atoms with Crippen LogP contribution in [0.15, 0.2) is 36.4 Å². The molecule has 38 heavy (non-hydrogen) atoms. The van der Waals surface area contributed by atoms with Gasteiger partial charge in [-0.05, 0) is 37.3 Å². The first-order valence-electron chi connectivity index (χ1n) is 13.7. The molecular formula is C28H39N5O5. The van der Waals surface area contributed by atoms with Gasteiger partial charge in [-0.3, -0.25) is 14.4 Å². The lowest BCUT2D eigenvalue weighted by Gasteiger charge is -2.36.